The van der Waals surface area contributed by atoms with E-state index in [9.17, 15) is 21.1 Å². The van der Waals surface area contributed by atoms with Crippen molar-refractivity contribution in [3.05, 3.63) is 0 Å². The Morgan fingerprint density at radius 1 is 1.33 bits per heavy atom. The Kier molecular flexibility index (Phi) is 1.94. The average Bonchev–Trinajstić information content (AvgIpc) is 1.48. The van der Waals surface area contributed by atoms with E-state index in [1.165, 1.54) is 6.92 Å². The molecule has 0 aromatic heterocycles. The van der Waals surface area contributed by atoms with E-state index in [-0.39, 0.29) is 0 Å². The first-order valence-electron chi connectivity index (χ1n) is 3.42. The SMILES string of the molecule is CC1(CS(=O)(=O)F)CC(F)(F)C1. The van der Waals surface area contributed by atoms with Gasteiger partial charge in [0.2, 0.25) is 5.92 Å². The lowest BCUT2D eigenvalue weighted by Crippen LogP contribution is -2.47. The van der Waals surface area contributed by atoms with Crippen LogP contribution in [-0.4, -0.2) is 20.1 Å². The van der Waals surface area contributed by atoms with Gasteiger partial charge in [-0.1, -0.05) is 6.92 Å². The topological polar surface area (TPSA) is 34.1 Å². The van der Waals surface area contributed by atoms with Gasteiger partial charge >= 0.3 is 10.2 Å². The van der Waals surface area contributed by atoms with Crippen molar-refractivity contribution in [2.24, 2.45) is 5.41 Å². The predicted molar refractivity (Wildman–Crippen MR) is 37.2 cm³/mol. The molecule has 1 aliphatic carbocycles. The molecule has 2 nitrogen and oxygen atoms in total. The van der Waals surface area contributed by atoms with Gasteiger partial charge in [-0.3, -0.25) is 0 Å². The minimum atomic E-state index is -4.63. The minimum Gasteiger partial charge on any atom is -0.207 e. The number of hydrogen-bond acceptors (Lipinski definition) is 2. The molecule has 0 saturated heterocycles. The van der Waals surface area contributed by atoms with Crippen molar-refractivity contribution >= 4 is 10.2 Å². The van der Waals surface area contributed by atoms with E-state index in [0.29, 0.717) is 0 Å². The summed E-state index contributed by atoms with van der Waals surface area (Å²) < 4.78 is 56.9. The Hall–Kier alpha value is -0.260. The molecular weight excluding hydrogens is 193 g/mol. The summed E-state index contributed by atoms with van der Waals surface area (Å²) in [6.07, 6.45) is -1.08. The molecule has 0 radical (unpaired) electrons. The molecule has 1 saturated carbocycles. The van der Waals surface area contributed by atoms with Gasteiger partial charge in [0, 0.05) is 12.8 Å². The second kappa shape index (κ2) is 2.37. The Labute approximate surface area is 69.0 Å². The van der Waals surface area contributed by atoms with Crippen LogP contribution in [0.25, 0.3) is 0 Å². The standard InChI is InChI=1S/C6H9F3O2S/c1-5(4-12(9,10)11)2-6(7,8)3-5/h2-4H2,1H3. The lowest BCUT2D eigenvalue weighted by atomic mass is 9.69. The summed E-state index contributed by atoms with van der Waals surface area (Å²) in [5.74, 6) is -3.60. The van der Waals surface area contributed by atoms with Crippen molar-refractivity contribution in [2.45, 2.75) is 25.7 Å². The molecule has 1 aliphatic rings. The van der Waals surface area contributed by atoms with E-state index in [0.717, 1.165) is 0 Å². The van der Waals surface area contributed by atoms with Gasteiger partial charge in [-0.25, -0.2) is 8.78 Å². The first kappa shape index (κ1) is 9.83. The molecule has 0 heterocycles. The third-order valence-corrected chi connectivity index (χ3v) is 2.93. The summed E-state index contributed by atoms with van der Waals surface area (Å²) in [6, 6.07) is 0. The lowest BCUT2D eigenvalue weighted by Gasteiger charge is -2.43. The van der Waals surface area contributed by atoms with Crippen LogP contribution in [0.5, 0.6) is 0 Å². The van der Waals surface area contributed by atoms with Crippen LogP contribution in [0.2, 0.25) is 0 Å². The van der Waals surface area contributed by atoms with Crippen LogP contribution in [0, 0.1) is 5.41 Å². The Balaban J connectivity index is 2.58. The molecule has 0 aromatic rings. The van der Waals surface area contributed by atoms with Gasteiger partial charge in [-0.15, -0.1) is 3.89 Å². The molecule has 6 heteroatoms. The normalized spacial score (nSPS) is 26.3. The van der Waals surface area contributed by atoms with Crippen LogP contribution in [0.4, 0.5) is 12.7 Å². The average molecular weight is 202 g/mol. The molecule has 0 unspecified atom stereocenters. The second-order valence-electron chi connectivity index (χ2n) is 3.70. The van der Waals surface area contributed by atoms with Gasteiger partial charge in [-0.05, 0) is 5.41 Å². The van der Waals surface area contributed by atoms with Gasteiger partial charge in [-0.2, -0.15) is 8.42 Å². The highest BCUT2D eigenvalue weighted by atomic mass is 32.3. The quantitative estimate of drug-likeness (QED) is 0.639. The number of halogens is 3. The summed E-state index contributed by atoms with van der Waals surface area (Å²) in [5, 5.41) is 0. The number of hydrogen-bond donors (Lipinski definition) is 0. The van der Waals surface area contributed by atoms with Gasteiger partial charge in [0.1, 0.15) is 0 Å². The monoisotopic (exact) mass is 202 g/mol. The fourth-order valence-corrected chi connectivity index (χ4v) is 2.75. The van der Waals surface area contributed by atoms with Crippen LogP contribution in [-0.2, 0) is 10.2 Å². The minimum absolute atomic E-state index is 0.539. The molecule has 0 N–H and O–H groups in total. The molecule has 72 valence electrons. The van der Waals surface area contributed by atoms with Crippen molar-refractivity contribution in [1.29, 1.82) is 0 Å². The Morgan fingerprint density at radius 3 is 2.00 bits per heavy atom. The van der Waals surface area contributed by atoms with Crippen molar-refractivity contribution in [3.8, 4) is 0 Å². The largest absolute Gasteiger partial charge is 0.302 e. The first-order valence-corrected chi connectivity index (χ1v) is 4.97. The highest BCUT2D eigenvalue weighted by molar-refractivity contribution is 7.86. The molecule has 0 bridgehead atoms. The Morgan fingerprint density at radius 2 is 1.75 bits per heavy atom. The summed E-state index contributed by atoms with van der Waals surface area (Å²) >= 11 is 0. The zero-order chi connectivity index (χ0) is 9.62. The summed E-state index contributed by atoms with van der Waals surface area (Å²) in [4.78, 5) is 0. The molecular formula is C6H9F3O2S. The van der Waals surface area contributed by atoms with Crippen molar-refractivity contribution < 1.29 is 21.1 Å². The molecule has 12 heavy (non-hydrogen) atoms. The summed E-state index contributed by atoms with van der Waals surface area (Å²) in [7, 11) is -4.63. The zero-order valence-corrected chi connectivity index (χ0v) is 7.30. The van der Waals surface area contributed by atoms with Crippen molar-refractivity contribution in [1.82, 2.24) is 0 Å². The lowest BCUT2D eigenvalue weighted by molar-refractivity contribution is -0.144. The van der Waals surface area contributed by atoms with E-state index < -0.39 is 40.2 Å². The fraction of sp³-hybridized carbons (Fsp3) is 1.00. The second-order valence-corrected chi connectivity index (χ2v) is 5.07. The number of alkyl halides is 2. The van der Waals surface area contributed by atoms with Crippen LogP contribution in [0.3, 0.4) is 0 Å². The van der Waals surface area contributed by atoms with E-state index in [4.69, 9.17) is 0 Å². The molecule has 1 fully saturated rings. The summed E-state index contributed by atoms with van der Waals surface area (Å²) in [6.45, 7) is 1.35. The van der Waals surface area contributed by atoms with Crippen LogP contribution in [0.1, 0.15) is 19.8 Å². The highest BCUT2D eigenvalue weighted by Crippen LogP contribution is 2.52. The summed E-state index contributed by atoms with van der Waals surface area (Å²) in [5.41, 5.74) is -1.07. The fourth-order valence-electron chi connectivity index (χ4n) is 1.72. The molecule has 0 spiro atoms. The van der Waals surface area contributed by atoms with E-state index in [2.05, 4.69) is 0 Å². The molecule has 0 amide bonds. The van der Waals surface area contributed by atoms with Gasteiger partial charge < -0.3 is 0 Å². The van der Waals surface area contributed by atoms with E-state index in [1.54, 1.807) is 0 Å². The molecule has 0 atom stereocenters. The molecule has 0 aliphatic heterocycles. The predicted octanol–water partition coefficient (Wildman–Crippen LogP) is 1.72. The van der Waals surface area contributed by atoms with E-state index >= 15 is 0 Å². The van der Waals surface area contributed by atoms with Crippen LogP contribution in [0.15, 0.2) is 0 Å². The highest BCUT2D eigenvalue weighted by Gasteiger charge is 2.55. The van der Waals surface area contributed by atoms with Gasteiger partial charge in [0.15, 0.2) is 0 Å². The van der Waals surface area contributed by atoms with Crippen molar-refractivity contribution in [3.63, 3.8) is 0 Å². The third kappa shape index (κ3) is 2.36. The smallest absolute Gasteiger partial charge is 0.207 e. The number of rotatable bonds is 2. The third-order valence-electron chi connectivity index (χ3n) is 1.89. The maximum atomic E-state index is 12.3. The maximum absolute atomic E-state index is 12.3. The van der Waals surface area contributed by atoms with Crippen molar-refractivity contribution in [2.75, 3.05) is 5.75 Å². The first-order chi connectivity index (χ1) is 5.12. The van der Waals surface area contributed by atoms with Gasteiger partial charge in [0.25, 0.3) is 0 Å². The van der Waals surface area contributed by atoms with Crippen LogP contribution < -0.4 is 0 Å². The molecule has 0 aromatic carbocycles. The van der Waals surface area contributed by atoms with Crippen LogP contribution >= 0.6 is 0 Å². The molecule has 1 rings (SSSR count). The maximum Gasteiger partial charge on any atom is 0.302 e. The van der Waals surface area contributed by atoms with Gasteiger partial charge in [0.05, 0.1) is 5.75 Å². The van der Waals surface area contributed by atoms with E-state index in [1.807, 2.05) is 0 Å². The zero-order valence-electron chi connectivity index (χ0n) is 6.48. The Bertz CT molecular complexity index is 275.